The topological polar surface area (TPSA) is 79.5 Å². The Hall–Kier alpha value is -2.21. The van der Waals surface area contributed by atoms with E-state index in [0.29, 0.717) is 26.1 Å². The summed E-state index contributed by atoms with van der Waals surface area (Å²) in [6.07, 6.45) is 0.594. The van der Waals surface area contributed by atoms with E-state index in [1.807, 2.05) is 37.3 Å². The van der Waals surface area contributed by atoms with Crippen LogP contribution in [0.15, 0.2) is 35.0 Å². The smallest absolute Gasteiger partial charge is 0.315 e. The second-order valence-corrected chi connectivity index (χ2v) is 5.51. The van der Waals surface area contributed by atoms with Gasteiger partial charge in [-0.25, -0.2) is 4.63 Å². The van der Waals surface area contributed by atoms with Crippen molar-refractivity contribution in [3.63, 3.8) is 0 Å². The van der Waals surface area contributed by atoms with E-state index >= 15 is 0 Å². The SMILES string of the molecule is Cc1nonc1CN1CC[C@](C(=O)O)(c2ccccc2)C1. The highest BCUT2D eigenvalue weighted by atomic mass is 16.6. The first-order chi connectivity index (χ1) is 10.1. The molecule has 6 heteroatoms. The molecule has 0 radical (unpaired) electrons. The molecule has 1 saturated heterocycles. The summed E-state index contributed by atoms with van der Waals surface area (Å²) >= 11 is 0. The molecule has 0 spiro atoms. The van der Waals surface area contributed by atoms with E-state index in [0.717, 1.165) is 17.0 Å². The highest BCUT2D eigenvalue weighted by Gasteiger charge is 2.46. The van der Waals surface area contributed by atoms with Crippen molar-refractivity contribution in [2.24, 2.45) is 0 Å². The molecule has 6 nitrogen and oxygen atoms in total. The Bertz CT molecular complexity index is 641. The Morgan fingerprint density at radius 3 is 2.76 bits per heavy atom. The number of aliphatic carboxylic acids is 1. The molecule has 21 heavy (non-hydrogen) atoms. The number of rotatable bonds is 4. The van der Waals surface area contributed by atoms with Crippen LogP contribution in [0.3, 0.4) is 0 Å². The van der Waals surface area contributed by atoms with Crippen molar-refractivity contribution in [3.05, 3.63) is 47.3 Å². The van der Waals surface area contributed by atoms with Gasteiger partial charge in [0.15, 0.2) is 0 Å². The van der Waals surface area contributed by atoms with Gasteiger partial charge in [-0.1, -0.05) is 40.6 Å². The monoisotopic (exact) mass is 287 g/mol. The van der Waals surface area contributed by atoms with E-state index < -0.39 is 11.4 Å². The third kappa shape index (κ3) is 2.42. The van der Waals surface area contributed by atoms with Gasteiger partial charge in [-0.3, -0.25) is 9.69 Å². The quantitative estimate of drug-likeness (QED) is 0.920. The second-order valence-electron chi connectivity index (χ2n) is 5.51. The van der Waals surface area contributed by atoms with Crippen LogP contribution in [-0.4, -0.2) is 39.4 Å². The molecule has 0 unspecified atom stereocenters. The maximum atomic E-state index is 11.9. The van der Waals surface area contributed by atoms with Gasteiger partial charge in [-0.15, -0.1) is 0 Å². The normalized spacial score (nSPS) is 22.5. The summed E-state index contributed by atoms with van der Waals surface area (Å²) in [6, 6.07) is 9.44. The van der Waals surface area contributed by atoms with Crippen LogP contribution < -0.4 is 0 Å². The van der Waals surface area contributed by atoms with E-state index in [-0.39, 0.29) is 0 Å². The highest BCUT2D eigenvalue weighted by Crippen LogP contribution is 2.35. The molecule has 1 aliphatic heterocycles. The predicted molar refractivity (Wildman–Crippen MR) is 74.7 cm³/mol. The molecule has 2 aromatic rings. The fourth-order valence-electron chi connectivity index (χ4n) is 2.92. The van der Waals surface area contributed by atoms with Crippen molar-refractivity contribution >= 4 is 5.97 Å². The fraction of sp³-hybridized carbons (Fsp3) is 0.400. The van der Waals surface area contributed by atoms with Gasteiger partial charge in [-0.05, 0) is 18.9 Å². The first kappa shape index (κ1) is 13.8. The minimum atomic E-state index is -0.841. The lowest BCUT2D eigenvalue weighted by Gasteiger charge is -2.25. The maximum Gasteiger partial charge on any atom is 0.315 e. The first-order valence-electron chi connectivity index (χ1n) is 6.91. The van der Waals surface area contributed by atoms with Crippen LogP contribution in [0.25, 0.3) is 0 Å². The van der Waals surface area contributed by atoms with Crippen molar-refractivity contribution < 1.29 is 14.5 Å². The van der Waals surface area contributed by atoms with Crippen molar-refractivity contribution in [1.82, 2.24) is 15.2 Å². The average Bonchev–Trinajstić information content (AvgIpc) is 3.09. The summed E-state index contributed by atoms with van der Waals surface area (Å²) in [4.78, 5) is 14.0. The molecule has 1 aliphatic rings. The lowest BCUT2D eigenvalue weighted by Crippen LogP contribution is -2.38. The molecule has 1 fully saturated rings. The number of aryl methyl sites for hydroxylation is 1. The van der Waals surface area contributed by atoms with Crippen LogP contribution in [0.4, 0.5) is 0 Å². The molecule has 0 aliphatic carbocycles. The average molecular weight is 287 g/mol. The molecule has 1 aromatic heterocycles. The molecule has 110 valence electrons. The zero-order valence-electron chi connectivity index (χ0n) is 11.8. The van der Waals surface area contributed by atoms with Crippen LogP contribution in [-0.2, 0) is 16.8 Å². The summed E-state index contributed by atoms with van der Waals surface area (Å²) < 4.78 is 4.70. The van der Waals surface area contributed by atoms with E-state index in [1.165, 1.54) is 0 Å². The van der Waals surface area contributed by atoms with Gasteiger partial charge < -0.3 is 5.11 Å². The van der Waals surface area contributed by atoms with Crippen LogP contribution in [0.1, 0.15) is 23.4 Å². The number of aromatic nitrogens is 2. The standard InChI is InChI=1S/C15H17N3O3/c1-11-13(17-21-16-11)9-18-8-7-15(10-18,14(19)20)12-5-3-2-4-6-12/h2-6H,7-10H2,1H3,(H,19,20)/t15-/m1/s1. The van der Waals surface area contributed by atoms with Crippen molar-refractivity contribution in [2.45, 2.75) is 25.3 Å². The third-order valence-electron chi connectivity index (χ3n) is 4.20. The zero-order valence-corrected chi connectivity index (χ0v) is 11.8. The van der Waals surface area contributed by atoms with Crippen molar-refractivity contribution in [1.29, 1.82) is 0 Å². The van der Waals surface area contributed by atoms with Crippen LogP contribution >= 0.6 is 0 Å². The molecule has 0 saturated carbocycles. The molecule has 2 heterocycles. The van der Waals surface area contributed by atoms with Crippen molar-refractivity contribution in [2.75, 3.05) is 13.1 Å². The fourth-order valence-corrected chi connectivity index (χ4v) is 2.92. The molecule has 1 N–H and O–H groups in total. The Balaban J connectivity index is 1.82. The number of nitrogens with zero attached hydrogens (tertiary/aromatic N) is 3. The van der Waals surface area contributed by atoms with E-state index in [1.54, 1.807) is 0 Å². The van der Waals surface area contributed by atoms with Gasteiger partial charge in [0.05, 0.1) is 0 Å². The molecule has 1 aromatic carbocycles. The first-order valence-corrected chi connectivity index (χ1v) is 6.91. The number of hydrogen-bond acceptors (Lipinski definition) is 5. The summed E-state index contributed by atoms with van der Waals surface area (Å²) in [6.45, 7) is 3.59. The number of likely N-dealkylation sites (tertiary alicyclic amines) is 1. The maximum absolute atomic E-state index is 11.9. The lowest BCUT2D eigenvalue weighted by atomic mass is 9.80. The Labute approximate surface area is 122 Å². The third-order valence-corrected chi connectivity index (χ3v) is 4.20. The summed E-state index contributed by atoms with van der Waals surface area (Å²) in [5.74, 6) is -0.772. The van der Waals surface area contributed by atoms with Crippen molar-refractivity contribution in [3.8, 4) is 0 Å². The van der Waals surface area contributed by atoms with Gasteiger partial charge >= 0.3 is 5.97 Å². The Kier molecular flexibility index (Phi) is 3.47. The molecule has 1 atom stereocenters. The number of carboxylic acid groups (broad SMARTS) is 1. The number of benzene rings is 1. The predicted octanol–water partition coefficient (Wildman–Crippen LogP) is 1.61. The van der Waals surface area contributed by atoms with Crippen LogP contribution in [0, 0.1) is 6.92 Å². The molecular formula is C15H17N3O3. The summed E-state index contributed by atoms with van der Waals surface area (Å²) in [5, 5.41) is 17.4. The zero-order chi connectivity index (χ0) is 14.9. The largest absolute Gasteiger partial charge is 0.481 e. The highest BCUT2D eigenvalue weighted by molar-refractivity contribution is 5.82. The molecular weight excluding hydrogens is 270 g/mol. The summed E-state index contributed by atoms with van der Waals surface area (Å²) in [7, 11) is 0. The van der Waals surface area contributed by atoms with E-state index in [2.05, 4.69) is 15.2 Å². The molecule has 0 amide bonds. The van der Waals surface area contributed by atoms with Gasteiger partial charge in [-0.2, -0.15) is 0 Å². The van der Waals surface area contributed by atoms with Crippen LogP contribution in [0.2, 0.25) is 0 Å². The Morgan fingerprint density at radius 1 is 1.38 bits per heavy atom. The van der Waals surface area contributed by atoms with Crippen LogP contribution in [0.5, 0.6) is 0 Å². The minimum absolute atomic E-state index is 0.471. The van der Waals surface area contributed by atoms with Gasteiger partial charge in [0.2, 0.25) is 0 Å². The number of carbonyl (C=O) groups is 1. The second kappa shape index (κ2) is 5.29. The van der Waals surface area contributed by atoms with E-state index in [9.17, 15) is 9.90 Å². The number of hydrogen-bond donors (Lipinski definition) is 1. The van der Waals surface area contributed by atoms with E-state index in [4.69, 9.17) is 4.63 Å². The molecule has 3 rings (SSSR count). The summed E-state index contributed by atoms with van der Waals surface area (Å²) in [5.41, 5.74) is 1.54. The minimum Gasteiger partial charge on any atom is -0.481 e. The molecule has 0 bridgehead atoms. The lowest BCUT2D eigenvalue weighted by molar-refractivity contribution is -0.143. The Morgan fingerprint density at radius 2 is 2.14 bits per heavy atom. The van der Waals surface area contributed by atoms with Gasteiger partial charge in [0.25, 0.3) is 0 Å². The van der Waals surface area contributed by atoms with Gasteiger partial charge in [0, 0.05) is 19.6 Å². The number of carboxylic acids is 1. The van der Waals surface area contributed by atoms with Gasteiger partial charge in [0.1, 0.15) is 16.8 Å².